The highest BCUT2D eigenvalue weighted by molar-refractivity contribution is 6.30. The number of nitrogens with zero attached hydrogens (tertiary/aromatic N) is 4. The van der Waals surface area contributed by atoms with Gasteiger partial charge in [0.1, 0.15) is 11.2 Å². The monoisotopic (exact) mass is 501 g/mol. The number of fused-ring (bicyclic) bond motifs is 1. The summed E-state index contributed by atoms with van der Waals surface area (Å²) in [4.78, 5) is 34.2. The lowest BCUT2D eigenvalue weighted by molar-refractivity contribution is 0.0935. The molecule has 0 aliphatic rings. The second-order valence-corrected chi connectivity index (χ2v) is 9.22. The van der Waals surface area contributed by atoms with E-state index in [0.29, 0.717) is 47.1 Å². The zero-order chi connectivity index (χ0) is 25.7. The van der Waals surface area contributed by atoms with Gasteiger partial charge in [0.25, 0.3) is 11.5 Å². The van der Waals surface area contributed by atoms with E-state index in [0.717, 1.165) is 25.2 Å². The average Bonchev–Trinajstić information content (AvgIpc) is 3.09. The number of halogens is 1. The zero-order valence-electron chi connectivity index (χ0n) is 21.5. The van der Waals surface area contributed by atoms with Gasteiger partial charge < -0.3 is 19.5 Å². The second-order valence-electron chi connectivity index (χ2n) is 8.79. The fourth-order valence-corrected chi connectivity index (χ4v) is 4.43. The number of likely N-dealkylation sites (N-methyl/N-ethyl adjacent to an activating group) is 1. The second kappa shape index (κ2) is 11.7. The smallest absolute Gasteiger partial charge is 0.271 e. The van der Waals surface area contributed by atoms with Gasteiger partial charge in [-0.3, -0.25) is 14.2 Å². The highest BCUT2D eigenvalue weighted by Crippen LogP contribution is 2.31. The third kappa shape index (κ3) is 5.87. The molecule has 3 rings (SSSR count). The van der Waals surface area contributed by atoms with Gasteiger partial charge in [-0.1, -0.05) is 44.5 Å². The molecule has 9 heteroatoms. The molecular weight excluding hydrogens is 466 g/mol. The van der Waals surface area contributed by atoms with Crippen molar-refractivity contribution >= 4 is 28.5 Å². The first-order valence-corrected chi connectivity index (χ1v) is 12.6. The van der Waals surface area contributed by atoms with Gasteiger partial charge >= 0.3 is 0 Å². The van der Waals surface area contributed by atoms with Crippen LogP contribution in [0.1, 0.15) is 56.5 Å². The molecule has 2 aromatic heterocycles. The lowest BCUT2D eigenvalue weighted by Gasteiger charge is -2.18. The maximum Gasteiger partial charge on any atom is 0.271 e. The Morgan fingerprint density at radius 2 is 1.94 bits per heavy atom. The molecule has 0 saturated carbocycles. The van der Waals surface area contributed by atoms with Crippen molar-refractivity contribution in [2.24, 2.45) is 7.05 Å². The maximum absolute atomic E-state index is 13.8. The summed E-state index contributed by atoms with van der Waals surface area (Å²) in [5, 5.41) is 3.91. The summed E-state index contributed by atoms with van der Waals surface area (Å²) < 4.78 is 9.40. The first-order chi connectivity index (χ1) is 16.7. The molecule has 0 unspecified atom stereocenters. The van der Waals surface area contributed by atoms with Gasteiger partial charge in [-0.25, -0.2) is 4.98 Å². The first-order valence-electron chi connectivity index (χ1n) is 12.2. The molecule has 35 heavy (non-hydrogen) atoms. The quantitative estimate of drug-likeness (QED) is 0.431. The molecule has 2 heterocycles. The Balaban J connectivity index is 2.11. The molecule has 8 nitrogen and oxygen atoms in total. The summed E-state index contributed by atoms with van der Waals surface area (Å²) in [5.74, 6) is 0.623. The summed E-state index contributed by atoms with van der Waals surface area (Å²) in [5.41, 5.74) is 1.41. The Labute approximate surface area is 211 Å². The van der Waals surface area contributed by atoms with Gasteiger partial charge in [-0.15, -0.1) is 0 Å². The molecule has 0 radical (unpaired) electrons. The summed E-state index contributed by atoms with van der Waals surface area (Å²) in [6.45, 7) is 13.3. The number of benzene rings is 1. The highest BCUT2D eigenvalue weighted by Gasteiger charge is 2.28. The summed E-state index contributed by atoms with van der Waals surface area (Å²) in [6.07, 6.45) is 0.331. The highest BCUT2D eigenvalue weighted by atomic mass is 35.5. The minimum absolute atomic E-state index is 0.227. The Morgan fingerprint density at radius 1 is 1.23 bits per heavy atom. The number of rotatable bonds is 11. The normalized spacial score (nSPS) is 11.6. The fourth-order valence-electron chi connectivity index (χ4n) is 4.21. The van der Waals surface area contributed by atoms with Crippen molar-refractivity contribution in [3.05, 3.63) is 56.7 Å². The van der Waals surface area contributed by atoms with Crippen molar-refractivity contribution in [1.82, 2.24) is 24.3 Å². The standard InChI is InChI=1S/C26H36ClN5O3/c1-7-20-29-24-21(26(34)32(20)16-18-11-10-12-19(27)15-18)23(35-17(4)5)22(30(24)6)25(33)28-13-14-31(8-2)9-3/h10-12,15,17H,7-9,13-14,16H2,1-6H3,(H,28,33). The fraction of sp³-hybridized carbons (Fsp3) is 0.500. The van der Waals surface area contributed by atoms with Crippen LogP contribution in [-0.4, -0.2) is 57.2 Å². The molecule has 1 N–H and O–H groups in total. The Kier molecular flexibility index (Phi) is 8.97. The van der Waals surface area contributed by atoms with Gasteiger partial charge in [0.05, 0.1) is 12.6 Å². The largest absolute Gasteiger partial charge is 0.488 e. The van der Waals surface area contributed by atoms with Crippen LogP contribution in [-0.2, 0) is 20.0 Å². The number of ether oxygens (including phenoxy) is 1. The van der Waals surface area contributed by atoms with Crippen LogP contribution in [0.25, 0.3) is 11.0 Å². The minimum atomic E-state index is -0.285. The van der Waals surface area contributed by atoms with Crippen LogP contribution in [0.2, 0.25) is 5.02 Å². The van der Waals surface area contributed by atoms with Gasteiger partial charge in [0.15, 0.2) is 17.1 Å². The van der Waals surface area contributed by atoms with Crippen molar-refractivity contribution in [3.63, 3.8) is 0 Å². The maximum atomic E-state index is 13.8. The van der Waals surface area contributed by atoms with E-state index in [1.54, 1.807) is 22.2 Å². The summed E-state index contributed by atoms with van der Waals surface area (Å²) >= 11 is 6.17. The van der Waals surface area contributed by atoms with Gasteiger partial charge in [-0.05, 0) is 44.6 Å². The minimum Gasteiger partial charge on any atom is -0.488 e. The SMILES string of the molecule is CCc1nc2c(c(OC(C)C)c(C(=O)NCCN(CC)CC)n2C)c(=O)n1Cc1cccc(Cl)c1. The summed E-state index contributed by atoms with van der Waals surface area (Å²) in [6, 6.07) is 7.42. The van der Waals surface area contributed by atoms with Crippen LogP contribution in [0.15, 0.2) is 29.1 Å². The molecule has 1 aromatic carbocycles. The van der Waals surface area contributed by atoms with Crippen LogP contribution < -0.4 is 15.6 Å². The Morgan fingerprint density at radius 3 is 2.54 bits per heavy atom. The molecule has 0 fully saturated rings. The number of hydrogen-bond donors (Lipinski definition) is 1. The Bertz CT molecular complexity index is 1240. The first kappa shape index (κ1) is 26.8. The molecule has 3 aromatic rings. The number of nitrogens with one attached hydrogen (secondary N) is 1. The topological polar surface area (TPSA) is 81.4 Å². The predicted octanol–water partition coefficient (Wildman–Crippen LogP) is 3.86. The molecule has 0 saturated heterocycles. The van der Waals surface area contributed by atoms with Crippen molar-refractivity contribution in [2.75, 3.05) is 26.2 Å². The van der Waals surface area contributed by atoms with E-state index in [9.17, 15) is 9.59 Å². The zero-order valence-corrected chi connectivity index (χ0v) is 22.3. The van der Waals surface area contributed by atoms with Gasteiger partial charge in [0, 0.05) is 31.6 Å². The van der Waals surface area contributed by atoms with E-state index in [1.807, 2.05) is 39.0 Å². The lowest BCUT2D eigenvalue weighted by atomic mass is 10.2. The van der Waals surface area contributed by atoms with E-state index in [1.165, 1.54) is 0 Å². The average molecular weight is 502 g/mol. The van der Waals surface area contributed by atoms with E-state index in [-0.39, 0.29) is 23.3 Å². The number of carbonyl (C=O) groups excluding carboxylic acids is 1. The van der Waals surface area contributed by atoms with Crippen LogP contribution >= 0.6 is 11.6 Å². The van der Waals surface area contributed by atoms with E-state index < -0.39 is 0 Å². The molecular formula is C26H36ClN5O3. The number of aromatic nitrogens is 3. The van der Waals surface area contributed by atoms with E-state index in [2.05, 4.69) is 24.1 Å². The van der Waals surface area contributed by atoms with Crippen molar-refractivity contribution in [2.45, 2.75) is 53.7 Å². The Hall–Kier alpha value is -2.84. The van der Waals surface area contributed by atoms with E-state index in [4.69, 9.17) is 21.3 Å². The molecule has 190 valence electrons. The predicted molar refractivity (Wildman–Crippen MR) is 141 cm³/mol. The van der Waals surface area contributed by atoms with Crippen LogP contribution in [0.4, 0.5) is 0 Å². The molecule has 0 aliphatic carbocycles. The van der Waals surface area contributed by atoms with Gasteiger partial charge in [-0.2, -0.15) is 0 Å². The van der Waals surface area contributed by atoms with Crippen LogP contribution in [0, 0.1) is 0 Å². The van der Waals surface area contributed by atoms with Crippen LogP contribution in [0.3, 0.4) is 0 Å². The third-order valence-electron chi connectivity index (χ3n) is 6.05. The van der Waals surface area contributed by atoms with Crippen molar-refractivity contribution in [1.29, 1.82) is 0 Å². The summed E-state index contributed by atoms with van der Waals surface area (Å²) in [7, 11) is 1.75. The molecule has 0 aliphatic heterocycles. The lowest BCUT2D eigenvalue weighted by Crippen LogP contribution is -2.35. The number of carbonyl (C=O) groups is 1. The number of amides is 1. The number of hydrogen-bond acceptors (Lipinski definition) is 5. The molecule has 0 bridgehead atoms. The molecule has 0 atom stereocenters. The third-order valence-corrected chi connectivity index (χ3v) is 6.28. The van der Waals surface area contributed by atoms with Crippen LogP contribution in [0.5, 0.6) is 5.75 Å². The van der Waals surface area contributed by atoms with E-state index >= 15 is 0 Å². The number of aryl methyl sites for hydroxylation is 2. The van der Waals surface area contributed by atoms with Crippen molar-refractivity contribution < 1.29 is 9.53 Å². The van der Waals surface area contributed by atoms with Crippen molar-refractivity contribution in [3.8, 4) is 5.75 Å². The molecule has 0 spiro atoms. The van der Waals surface area contributed by atoms with Gasteiger partial charge in [0.2, 0.25) is 0 Å². The molecule has 1 amide bonds.